The standard InChI is InChI=1S/C22H19F2N3O4S.C21H25N3O4S.C20H23N3O5S.C19H21N3O4S/c1-3-32(29,30)12-14-9-16(18-8-13(2)20-21(28)25-6-7-27(18)20)22(26-11-14)31-19-5-4-15(23)10-17(19)24;1-14-10-18(24-9-8-22-20(25)19(14)24)17-11-15(13-29(2,26)27)12-23-21(17)28-16-6-4-3-5-7-16;1-13-9-17(23-6-5-21-19(24)18(13)23)16-10-14(12-29(2,25)26)11-22-20(16)28-15-3-7-27-8-4-15;1-12-7-16(22-6-5-20-18(23)17(12)22)15-8-14(11-27(2,24)25)9-21-19(15)26-10-13-3-4-13/h4-11H,3,12H2,1-2H3,(H,25,28);8-12,16H,3-7,13H2,1-2H3,(H,22,25);5-6,9-11,15H,3-4,7-8,12H2,1-2H3,(H,21,24);5-9,13H,3-4,10-11H2,1-2H3,(H,20,23). The summed E-state index contributed by atoms with van der Waals surface area (Å²) < 4.78 is 159. The number of H-pyrrole nitrogens is 4. The number of rotatable bonds is 22. The summed E-state index contributed by atoms with van der Waals surface area (Å²) >= 11 is 0. The molecule has 616 valence electrons. The lowest BCUT2D eigenvalue weighted by Gasteiger charge is -2.24. The van der Waals surface area contributed by atoms with E-state index in [1.807, 2.05) is 49.4 Å². The average Bonchev–Trinajstić information content (AvgIpc) is 1.65. The Balaban J connectivity index is 0.000000136. The maximum atomic E-state index is 14.2. The third-order valence-corrected chi connectivity index (χ3v) is 24.1. The summed E-state index contributed by atoms with van der Waals surface area (Å²) in [6.45, 7) is 10.8. The number of nitrogens with one attached hydrogen (secondary N) is 4. The molecule has 0 bridgehead atoms. The molecule has 0 radical (unpaired) electrons. The van der Waals surface area contributed by atoms with Crippen LogP contribution in [0.15, 0.2) is 160 Å². The van der Waals surface area contributed by atoms with E-state index >= 15 is 0 Å². The molecule has 2 saturated carbocycles. The zero-order valence-electron chi connectivity index (χ0n) is 65.4. The third-order valence-electron chi connectivity index (χ3n) is 19.9. The predicted octanol–water partition coefficient (Wildman–Crippen LogP) is 11.7. The summed E-state index contributed by atoms with van der Waals surface area (Å²) in [7, 11) is -13.0. The molecule has 16 rings (SSSR count). The highest BCUT2D eigenvalue weighted by Gasteiger charge is 2.28. The molecule has 0 amide bonds. The zero-order chi connectivity index (χ0) is 83.4. The van der Waals surface area contributed by atoms with Gasteiger partial charge in [0.2, 0.25) is 23.5 Å². The molecule has 13 aromatic rings. The minimum absolute atomic E-state index is 0.0205. The molecule has 0 unspecified atom stereocenters. The maximum Gasteiger partial charge on any atom is 0.272 e. The lowest BCUT2D eigenvalue weighted by Crippen LogP contribution is -2.26. The average molecular weight is 1680 g/mol. The number of halogens is 2. The predicted molar refractivity (Wildman–Crippen MR) is 439 cm³/mol. The molecule has 3 aliphatic rings. The van der Waals surface area contributed by atoms with E-state index in [4.69, 9.17) is 23.7 Å². The van der Waals surface area contributed by atoms with Gasteiger partial charge in [0.1, 0.15) is 40.1 Å². The second-order valence-electron chi connectivity index (χ2n) is 29.8. The number of aromatic nitrogens is 12. The first-order valence-electron chi connectivity index (χ1n) is 37.8. The highest BCUT2D eigenvalue weighted by molar-refractivity contribution is 7.90. The van der Waals surface area contributed by atoms with Crippen LogP contribution in [0.2, 0.25) is 0 Å². The van der Waals surface area contributed by atoms with Crippen molar-refractivity contribution in [1.29, 1.82) is 0 Å². The smallest absolute Gasteiger partial charge is 0.272 e. The highest BCUT2D eigenvalue weighted by atomic mass is 32.2. The van der Waals surface area contributed by atoms with Crippen LogP contribution in [-0.2, 0) is 67.1 Å². The molecule has 12 aromatic heterocycles. The molecule has 4 N–H and O–H groups in total. The minimum atomic E-state index is -3.34. The number of ether oxygens (including phenoxy) is 5. The van der Waals surface area contributed by atoms with E-state index in [-0.39, 0.29) is 74.8 Å². The van der Waals surface area contributed by atoms with Crippen molar-refractivity contribution in [1.82, 2.24) is 57.5 Å². The second kappa shape index (κ2) is 34.8. The van der Waals surface area contributed by atoms with Gasteiger partial charge in [0.25, 0.3) is 22.2 Å². The Kier molecular flexibility index (Phi) is 24.9. The van der Waals surface area contributed by atoms with Crippen LogP contribution in [0.25, 0.3) is 67.1 Å². The van der Waals surface area contributed by atoms with Crippen molar-refractivity contribution in [3.05, 3.63) is 239 Å². The van der Waals surface area contributed by atoms with Gasteiger partial charge in [-0.1, -0.05) is 13.3 Å². The number of benzene rings is 1. The Bertz CT molecular complexity index is 6480. The van der Waals surface area contributed by atoms with Crippen LogP contribution >= 0.6 is 0 Å². The largest absolute Gasteiger partial charge is 0.477 e. The van der Waals surface area contributed by atoms with E-state index in [2.05, 4.69) is 39.9 Å². The molecule has 29 nitrogen and oxygen atoms in total. The molecular formula is C82H88F2N12O17S4. The van der Waals surface area contributed by atoms with Gasteiger partial charge in [-0.15, -0.1) is 0 Å². The van der Waals surface area contributed by atoms with Crippen molar-refractivity contribution in [2.45, 2.75) is 128 Å². The van der Waals surface area contributed by atoms with Crippen molar-refractivity contribution in [2.75, 3.05) is 44.3 Å². The lowest BCUT2D eigenvalue weighted by molar-refractivity contribution is 0.0239. The van der Waals surface area contributed by atoms with Crippen molar-refractivity contribution < 1.29 is 66.1 Å². The van der Waals surface area contributed by atoms with Crippen molar-refractivity contribution >= 4 is 61.4 Å². The van der Waals surface area contributed by atoms with Gasteiger partial charge in [-0.2, -0.15) is 0 Å². The Morgan fingerprint density at radius 2 is 0.795 bits per heavy atom. The molecule has 2 aliphatic carbocycles. The summed E-state index contributed by atoms with van der Waals surface area (Å²) in [6, 6.07) is 17.3. The first kappa shape index (κ1) is 83.5. The first-order chi connectivity index (χ1) is 55.6. The normalized spacial score (nSPS) is 14.3. The summed E-state index contributed by atoms with van der Waals surface area (Å²) in [5.41, 5.74) is 11.6. The Hall–Kier alpha value is -11.4. The topological polar surface area (TPSA) is 383 Å². The monoisotopic (exact) mass is 1680 g/mol. The van der Waals surface area contributed by atoms with Crippen molar-refractivity contribution in [2.24, 2.45) is 5.92 Å². The van der Waals surface area contributed by atoms with Crippen LogP contribution in [0, 0.1) is 45.2 Å². The molecule has 35 heteroatoms. The second-order valence-corrected chi connectivity index (χ2v) is 38.6. The summed E-state index contributed by atoms with van der Waals surface area (Å²) in [4.78, 5) is 77.3. The van der Waals surface area contributed by atoms with Crippen LogP contribution in [0.3, 0.4) is 0 Å². The van der Waals surface area contributed by atoms with Crippen LogP contribution in [0.5, 0.6) is 29.3 Å². The molecule has 1 saturated heterocycles. The lowest BCUT2D eigenvalue weighted by atomic mass is 9.98. The summed E-state index contributed by atoms with van der Waals surface area (Å²) in [6.07, 6.45) is 32.1. The number of sulfone groups is 4. The van der Waals surface area contributed by atoms with Gasteiger partial charge in [-0.05, 0) is 177 Å². The molecule has 0 spiro atoms. The van der Waals surface area contributed by atoms with Crippen LogP contribution in [-0.4, -0.2) is 148 Å². The fraction of sp³-hybridized carbons (Fsp3) is 0.341. The van der Waals surface area contributed by atoms with Gasteiger partial charge in [0, 0.05) is 118 Å². The molecule has 3 fully saturated rings. The van der Waals surface area contributed by atoms with E-state index in [1.54, 1.807) is 107 Å². The number of nitrogens with zero attached hydrogens (tertiary/aromatic N) is 8. The first-order valence-corrected chi connectivity index (χ1v) is 45.8. The van der Waals surface area contributed by atoms with Crippen LogP contribution in [0.4, 0.5) is 8.78 Å². The van der Waals surface area contributed by atoms with E-state index in [1.165, 1.54) is 43.8 Å². The van der Waals surface area contributed by atoms with Gasteiger partial charge < -0.3 is 61.2 Å². The molecule has 117 heavy (non-hydrogen) atoms. The zero-order valence-corrected chi connectivity index (χ0v) is 68.7. The fourth-order valence-electron chi connectivity index (χ4n) is 14.4. The highest BCUT2D eigenvalue weighted by Crippen LogP contribution is 2.40. The number of hydrogen-bond acceptors (Lipinski definition) is 21. The molecular weight excluding hydrogens is 1590 g/mol. The van der Waals surface area contributed by atoms with Gasteiger partial charge >= 0.3 is 0 Å². The van der Waals surface area contributed by atoms with Crippen LogP contribution < -0.4 is 41.2 Å². The third kappa shape index (κ3) is 20.4. The van der Waals surface area contributed by atoms with Gasteiger partial charge in [0.05, 0.1) is 87.9 Å². The van der Waals surface area contributed by atoms with Crippen molar-refractivity contribution in [3.63, 3.8) is 0 Å². The number of aryl methyl sites for hydroxylation is 4. The molecule has 1 aromatic carbocycles. The maximum absolute atomic E-state index is 14.2. The molecule has 1 aliphatic heterocycles. The van der Waals surface area contributed by atoms with E-state index in [0.29, 0.717) is 127 Å². The minimum Gasteiger partial charge on any atom is -0.477 e. The van der Waals surface area contributed by atoms with Gasteiger partial charge in [-0.25, -0.2) is 62.4 Å². The van der Waals surface area contributed by atoms with E-state index < -0.39 is 51.0 Å². The molecule has 13 heterocycles. The Morgan fingerprint density at radius 1 is 0.444 bits per heavy atom. The quantitative estimate of drug-likeness (QED) is 0.0489. The Morgan fingerprint density at radius 3 is 1.16 bits per heavy atom. The number of fused-ring (bicyclic) bond motifs is 4. The fourth-order valence-corrected chi connectivity index (χ4v) is 17.5. The number of aromatic amines is 4. The molecule has 0 atom stereocenters. The van der Waals surface area contributed by atoms with Gasteiger partial charge in [-0.3, -0.25) is 19.2 Å². The summed E-state index contributed by atoms with van der Waals surface area (Å²) in [5.74, 6) is -0.603. The SMILES string of the molecule is CCS(=O)(=O)Cc1cnc(Oc2ccc(F)cc2F)c(-c2cc(C)c3c(=O)[nH]ccn23)c1.Cc1cc(-c2cc(CS(C)(=O)=O)cnc2OC2CCCCC2)n2cc[nH]c(=O)c12.Cc1cc(-c2cc(CS(C)(=O)=O)cnc2OC2CCOCC2)n2cc[nH]c(=O)c12.Cc1cc(-c2cc(CS(C)(=O)=O)cnc2OCC2CC2)n2cc[nH]c(=O)c12. The van der Waals surface area contributed by atoms with E-state index in [9.17, 15) is 61.6 Å². The van der Waals surface area contributed by atoms with Crippen LogP contribution in [0.1, 0.15) is 109 Å². The Labute approximate surface area is 671 Å². The van der Waals surface area contributed by atoms with E-state index in [0.717, 1.165) is 97.3 Å². The van der Waals surface area contributed by atoms with Gasteiger partial charge in [0.15, 0.2) is 50.9 Å². The van der Waals surface area contributed by atoms with Crippen molar-refractivity contribution in [3.8, 4) is 74.3 Å². The summed E-state index contributed by atoms with van der Waals surface area (Å²) in [5, 5.41) is 0. The number of hydrogen-bond donors (Lipinski definition) is 4. The number of pyridine rings is 4.